The number of anilines is 2. The Bertz CT molecular complexity index is 1390. The lowest BCUT2D eigenvalue weighted by molar-refractivity contribution is 0.0382. The monoisotopic (exact) mass is 523 g/mol. The van der Waals surface area contributed by atoms with Crippen LogP contribution in [0.1, 0.15) is 23.8 Å². The topological polar surface area (TPSA) is 89.5 Å². The van der Waals surface area contributed by atoms with E-state index in [1.165, 1.54) is 23.7 Å². The minimum absolute atomic E-state index is 0.0164. The van der Waals surface area contributed by atoms with Crippen molar-refractivity contribution in [2.75, 3.05) is 29.9 Å². The highest BCUT2D eigenvalue weighted by Crippen LogP contribution is 2.40. The molecule has 0 bridgehead atoms. The number of aromatic nitrogens is 3. The second kappa shape index (κ2) is 11.0. The molecule has 4 aromatic rings. The molecule has 11 heteroatoms. The lowest BCUT2D eigenvalue weighted by atomic mass is 10.1. The summed E-state index contributed by atoms with van der Waals surface area (Å²) in [6, 6.07) is 11.2. The Morgan fingerprint density at radius 2 is 2.08 bits per heavy atom. The number of hydrogen-bond donors (Lipinski definition) is 1. The lowest BCUT2D eigenvalue weighted by Gasteiger charge is -2.35. The zero-order chi connectivity index (χ0) is 25.8. The van der Waals surface area contributed by atoms with Gasteiger partial charge in [0.2, 0.25) is 5.75 Å². The summed E-state index contributed by atoms with van der Waals surface area (Å²) in [7, 11) is 0. The Kier molecular flexibility index (Phi) is 7.33. The number of para-hydroxylation sites is 1. The van der Waals surface area contributed by atoms with Crippen LogP contribution in [0.25, 0.3) is 10.6 Å². The van der Waals surface area contributed by atoms with Crippen LogP contribution in [-0.2, 0) is 4.74 Å². The molecule has 1 aliphatic heterocycles. The molecule has 1 atom stereocenters. The van der Waals surface area contributed by atoms with Crippen LogP contribution < -0.4 is 15.0 Å². The molecule has 1 N–H and O–H groups in total. The van der Waals surface area contributed by atoms with Crippen molar-refractivity contribution in [1.82, 2.24) is 15.2 Å². The molecule has 190 valence electrons. The summed E-state index contributed by atoms with van der Waals surface area (Å²) in [5.74, 6) is -2.70. The molecule has 0 saturated carbocycles. The van der Waals surface area contributed by atoms with Gasteiger partial charge in [0.05, 0.1) is 30.8 Å². The van der Waals surface area contributed by atoms with Crippen molar-refractivity contribution in [1.29, 1.82) is 0 Å². The van der Waals surface area contributed by atoms with Crippen molar-refractivity contribution >= 4 is 28.6 Å². The van der Waals surface area contributed by atoms with Gasteiger partial charge in [0.25, 0.3) is 5.91 Å². The number of halogens is 2. The molecule has 0 aliphatic carbocycles. The third-order valence-corrected chi connectivity index (χ3v) is 6.73. The predicted octanol–water partition coefficient (Wildman–Crippen LogP) is 5.54. The molecule has 1 fully saturated rings. The summed E-state index contributed by atoms with van der Waals surface area (Å²) in [6.07, 6.45) is 3.66. The van der Waals surface area contributed by atoms with Crippen molar-refractivity contribution < 1.29 is 23.0 Å². The van der Waals surface area contributed by atoms with E-state index in [-0.39, 0.29) is 28.9 Å². The number of nitrogens with zero attached hydrogens (tertiary/aromatic N) is 4. The number of benzene rings is 2. The number of thiazole rings is 1. The molecule has 5 rings (SSSR count). The van der Waals surface area contributed by atoms with Gasteiger partial charge in [-0.1, -0.05) is 25.1 Å². The minimum atomic E-state index is -0.942. The first-order valence-corrected chi connectivity index (χ1v) is 12.6. The molecule has 1 amide bonds. The fourth-order valence-corrected chi connectivity index (χ4v) is 4.77. The highest BCUT2D eigenvalue weighted by Gasteiger charge is 2.29. The maximum Gasteiger partial charge on any atom is 0.275 e. The summed E-state index contributed by atoms with van der Waals surface area (Å²) in [6.45, 7) is 3.08. The first-order valence-electron chi connectivity index (χ1n) is 11.7. The van der Waals surface area contributed by atoms with Gasteiger partial charge in [0, 0.05) is 30.1 Å². The molecule has 0 radical (unpaired) electrons. The number of hydrogen-bond acceptors (Lipinski definition) is 8. The van der Waals surface area contributed by atoms with Gasteiger partial charge < -0.3 is 19.7 Å². The molecule has 8 nitrogen and oxygen atoms in total. The average Bonchev–Trinajstić information content (AvgIpc) is 3.43. The standard InChI is InChI=1S/C26H23F2N5O3S/c1-2-17-14-33(10-11-35-17)23-20(12-19(27)24(22(23)28)36-18-6-4-3-5-7-18)31-25(34)21-15-37-26(32-21)16-8-9-29-30-13-16/h3-9,12-13,15,17H,2,10-11,14H2,1H3,(H,31,34)/t17-/m0/s1. The molecule has 3 heterocycles. The van der Waals surface area contributed by atoms with E-state index < -0.39 is 23.3 Å². The van der Waals surface area contributed by atoms with Crippen molar-refractivity contribution in [2.24, 2.45) is 0 Å². The van der Waals surface area contributed by atoms with Crippen LogP contribution in [0.15, 0.2) is 60.2 Å². The van der Waals surface area contributed by atoms with Crippen molar-refractivity contribution in [3.63, 3.8) is 0 Å². The van der Waals surface area contributed by atoms with E-state index in [0.717, 1.165) is 12.5 Å². The molecule has 1 aliphatic rings. The van der Waals surface area contributed by atoms with Crippen LogP contribution in [0.5, 0.6) is 11.5 Å². The number of carbonyl (C=O) groups excluding carboxylic acids is 1. The largest absolute Gasteiger partial charge is 0.451 e. The van der Waals surface area contributed by atoms with Gasteiger partial charge >= 0.3 is 0 Å². The van der Waals surface area contributed by atoms with Crippen LogP contribution in [0.2, 0.25) is 0 Å². The summed E-state index contributed by atoms with van der Waals surface area (Å²) < 4.78 is 42.4. The number of amides is 1. The van der Waals surface area contributed by atoms with Gasteiger partial charge in [-0.3, -0.25) is 4.79 Å². The van der Waals surface area contributed by atoms with Gasteiger partial charge in [-0.2, -0.15) is 10.2 Å². The van der Waals surface area contributed by atoms with Crippen molar-refractivity contribution in [3.05, 3.63) is 77.6 Å². The van der Waals surface area contributed by atoms with Crippen LogP contribution in [-0.4, -0.2) is 46.9 Å². The predicted molar refractivity (Wildman–Crippen MR) is 136 cm³/mol. The maximum absolute atomic E-state index is 15.9. The Hall–Kier alpha value is -3.96. The second-order valence-corrected chi connectivity index (χ2v) is 9.14. The zero-order valence-electron chi connectivity index (χ0n) is 19.9. The molecule has 37 heavy (non-hydrogen) atoms. The maximum atomic E-state index is 15.9. The third kappa shape index (κ3) is 5.42. The minimum Gasteiger partial charge on any atom is -0.451 e. The second-order valence-electron chi connectivity index (χ2n) is 8.28. The van der Waals surface area contributed by atoms with Gasteiger partial charge in [-0.15, -0.1) is 11.3 Å². The molecule has 2 aromatic carbocycles. The van der Waals surface area contributed by atoms with Crippen LogP contribution in [0.4, 0.5) is 20.2 Å². The Labute approximate surface area is 215 Å². The van der Waals surface area contributed by atoms with Crippen molar-refractivity contribution in [3.8, 4) is 22.1 Å². The van der Waals surface area contributed by atoms with Crippen LogP contribution in [0.3, 0.4) is 0 Å². The lowest BCUT2D eigenvalue weighted by Crippen LogP contribution is -2.43. The number of rotatable bonds is 7. The van der Waals surface area contributed by atoms with E-state index in [2.05, 4.69) is 20.5 Å². The SMILES string of the molecule is CC[C@H]1CN(c2c(NC(=O)c3csc(-c4ccnnc4)n3)cc(F)c(Oc3ccccc3)c2F)CCO1. The first kappa shape index (κ1) is 24.7. The average molecular weight is 524 g/mol. The van der Waals surface area contributed by atoms with Crippen LogP contribution >= 0.6 is 11.3 Å². The highest BCUT2D eigenvalue weighted by molar-refractivity contribution is 7.13. The molecular weight excluding hydrogens is 500 g/mol. The number of morpholine rings is 1. The van der Waals surface area contributed by atoms with E-state index in [9.17, 15) is 4.79 Å². The van der Waals surface area contributed by atoms with Gasteiger partial charge in [-0.25, -0.2) is 13.8 Å². The fraction of sp³-hybridized carbons (Fsp3) is 0.231. The number of nitrogens with one attached hydrogen (secondary N) is 1. The quantitative estimate of drug-likeness (QED) is 0.340. The van der Waals surface area contributed by atoms with Crippen molar-refractivity contribution in [2.45, 2.75) is 19.4 Å². The normalized spacial score (nSPS) is 15.4. The van der Waals surface area contributed by atoms with E-state index in [1.807, 2.05) is 6.92 Å². The number of carbonyl (C=O) groups is 1. The summed E-state index contributed by atoms with van der Waals surface area (Å²) in [5.41, 5.74) is 0.841. The number of ether oxygens (including phenoxy) is 2. The Morgan fingerprint density at radius 3 is 2.84 bits per heavy atom. The molecule has 0 unspecified atom stereocenters. The fourth-order valence-electron chi connectivity index (χ4n) is 3.98. The van der Waals surface area contributed by atoms with Crippen LogP contribution in [0, 0.1) is 11.6 Å². The zero-order valence-corrected chi connectivity index (χ0v) is 20.7. The first-order chi connectivity index (χ1) is 18.0. The summed E-state index contributed by atoms with van der Waals surface area (Å²) in [4.78, 5) is 19.2. The van der Waals surface area contributed by atoms with E-state index in [0.29, 0.717) is 30.3 Å². The highest BCUT2D eigenvalue weighted by atomic mass is 32.1. The third-order valence-electron chi connectivity index (χ3n) is 5.84. The van der Waals surface area contributed by atoms with Gasteiger partial charge in [-0.05, 0) is 24.6 Å². The summed E-state index contributed by atoms with van der Waals surface area (Å²) in [5, 5.41) is 12.4. The smallest absolute Gasteiger partial charge is 0.275 e. The van der Waals surface area contributed by atoms with Gasteiger partial charge in [0.1, 0.15) is 22.1 Å². The molecular formula is C26H23F2N5O3S. The molecule has 1 saturated heterocycles. The Morgan fingerprint density at radius 1 is 1.24 bits per heavy atom. The van der Waals surface area contributed by atoms with E-state index in [4.69, 9.17) is 9.47 Å². The van der Waals surface area contributed by atoms with Gasteiger partial charge in [0.15, 0.2) is 11.6 Å². The molecule has 2 aromatic heterocycles. The van der Waals surface area contributed by atoms with E-state index in [1.54, 1.807) is 46.7 Å². The molecule has 0 spiro atoms. The van der Waals surface area contributed by atoms with E-state index >= 15 is 8.78 Å². The Balaban J connectivity index is 1.49. The summed E-state index contributed by atoms with van der Waals surface area (Å²) >= 11 is 1.25.